The Hall–Kier alpha value is -2.96. The van der Waals surface area contributed by atoms with Gasteiger partial charge in [-0.3, -0.25) is 14.0 Å². The third-order valence-electron chi connectivity index (χ3n) is 3.62. The van der Waals surface area contributed by atoms with Crippen molar-refractivity contribution in [3.05, 3.63) is 58.4 Å². The highest BCUT2D eigenvalue weighted by Crippen LogP contribution is 2.19. The zero-order valence-electron chi connectivity index (χ0n) is 14.4. The first-order valence-electron chi connectivity index (χ1n) is 7.92. The van der Waals surface area contributed by atoms with Crippen LogP contribution in [0.4, 0.5) is 4.39 Å². The van der Waals surface area contributed by atoms with Crippen molar-refractivity contribution in [1.29, 1.82) is 0 Å². The maximum absolute atomic E-state index is 13.0. The minimum Gasteiger partial charge on any atom is -0.468 e. The largest absolute Gasteiger partial charge is 0.468 e. The fourth-order valence-electron chi connectivity index (χ4n) is 2.43. The number of carbonyl (C=O) groups excluding carboxylic acids is 1. The van der Waals surface area contributed by atoms with Crippen LogP contribution in [0, 0.1) is 12.7 Å². The minimum atomic E-state index is -0.290. The highest BCUT2D eigenvalue weighted by atomic mass is 19.1. The van der Waals surface area contributed by atoms with Gasteiger partial charge in [0.1, 0.15) is 5.82 Å². The summed E-state index contributed by atoms with van der Waals surface area (Å²) < 4.78 is 20.6. The molecule has 0 bridgehead atoms. The summed E-state index contributed by atoms with van der Waals surface area (Å²) in [6.07, 6.45) is 1.69. The van der Waals surface area contributed by atoms with Gasteiger partial charge in [-0.05, 0) is 45.0 Å². The van der Waals surface area contributed by atoms with Crippen LogP contribution in [0.25, 0.3) is 17.0 Å². The average Bonchev–Trinajstić information content (AvgIpc) is 3.03. The van der Waals surface area contributed by atoms with E-state index in [0.29, 0.717) is 24.6 Å². The SMILES string of the molecule is CCOC=O.CCn1c(C)cc(=O)n2cc(-c3ccc(F)cc3)nc12. The molecule has 0 radical (unpaired) electrons. The molecule has 2 heterocycles. The molecular formula is C18H20FN3O3. The fraction of sp³-hybridized carbons (Fsp3) is 0.278. The van der Waals surface area contributed by atoms with Gasteiger partial charge in [0.2, 0.25) is 5.78 Å². The van der Waals surface area contributed by atoms with Crippen molar-refractivity contribution >= 4 is 12.2 Å². The molecule has 3 rings (SSSR count). The number of hydrogen-bond donors (Lipinski definition) is 0. The van der Waals surface area contributed by atoms with Crippen LogP contribution in [-0.2, 0) is 16.1 Å². The number of imidazole rings is 1. The maximum atomic E-state index is 13.0. The molecule has 2 aromatic heterocycles. The van der Waals surface area contributed by atoms with Crippen LogP contribution in [0.2, 0.25) is 0 Å². The first-order valence-corrected chi connectivity index (χ1v) is 7.92. The second-order valence-corrected chi connectivity index (χ2v) is 5.22. The van der Waals surface area contributed by atoms with Crippen molar-refractivity contribution in [3.8, 4) is 11.3 Å². The van der Waals surface area contributed by atoms with E-state index in [-0.39, 0.29) is 11.4 Å². The zero-order valence-corrected chi connectivity index (χ0v) is 14.4. The van der Waals surface area contributed by atoms with Gasteiger partial charge in [-0.15, -0.1) is 0 Å². The molecule has 0 fully saturated rings. The number of fused-ring (bicyclic) bond motifs is 1. The summed E-state index contributed by atoms with van der Waals surface area (Å²) in [6.45, 7) is 7.29. The molecule has 25 heavy (non-hydrogen) atoms. The van der Waals surface area contributed by atoms with E-state index < -0.39 is 0 Å². The maximum Gasteiger partial charge on any atom is 0.293 e. The predicted molar refractivity (Wildman–Crippen MR) is 92.9 cm³/mol. The number of ether oxygens (including phenoxy) is 1. The van der Waals surface area contributed by atoms with Crippen molar-refractivity contribution in [2.24, 2.45) is 0 Å². The second-order valence-electron chi connectivity index (χ2n) is 5.22. The van der Waals surface area contributed by atoms with Gasteiger partial charge in [-0.1, -0.05) is 0 Å². The highest BCUT2D eigenvalue weighted by Gasteiger charge is 2.10. The number of nitrogens with zero attached hydrogens (tertiary/aromatic N) is 3. The van der Waals surface area contributed by atoms with Crippen molar-refractivity contribution in [3.63, 3.8) is 0 Å². The molecule has 7 heteroatoms. The number of aryl methyl sites for hydroxylation is 2. The quantitative estimate of drug-likeness (QED) is 0.682. The lowest BCUT2D eigenvalue weighted by molar-refractivity contribution is -0.128. The van der Waals surface area contributed by atoms with Gasteiger partial charge < -0.3 is 9.30 Å². The van der Waals surface area contributed by atoms with Gasteiger partial charge in [-0.2, -0.15) is 0 Å². The van der Waals surface area contributed by atoms with E-state index in [1.165, 1.54) is 16.5 Å². The Labute approximate surface area is 144 Å². The van der Waals surface area contributed by atoms with Crippen molar-refractivity contribution in [2.45, 2.75) is 27.3 Å². The Kier molecular flexibility index (Phi) is 6.05. The topological polar surface area (TPSA) is 65.6 Å². The van der Waals surface area contributed by atoms with E-state index in [1.807, 2.05) is 18.4 Å². The third kappa shape index (κ3) is 4.12. The molecule has 132 valence electrons. The Balaban J connectivity index is 0.000000399. The van der Waals surface area contributed by atoms with E-state index in [0.717, 1.165) is 17.8 Å². The van der Waals surface area contributed by atoms with E-state index in [1.54, 1.807) is 31.3 Å². The first-order chi connectivity index (χ1) is 12.0. The summed E-state index contributed by atoms with van der Waals surface area (Å²) in [5, 5.41) is 0. The van der Waals surface area contributed by atoms with Gasteiger partial charge in [0, 0.05) is 30.1 Å². The third-order valence-corrected chi connectivity index (χ3v) is 3.62. The van der Waals surface area contributed by atoms with E-state index >= 15 is 0 Å². The Morgan fingerprint density at radius 1 is 1.24 bits per heavy atom. The van der Waals surface area contributed by atoms with Crippen molar-refractivity contribution in [2.75, 3.05) is 6.61 Å². The van der Waals surface area contributed by atoms with Crippen LogP contribution in [0.15, 0.2) is 41.3 Å². The van der Waals surface area contributed by atoms with Gasteiger partial charge in [0.15, 0.2) is 0 Å². The van der Waals surface area contributed by atoms with E-state index in [9.17, 15) is 14.0 Å². The molecular weight excluding hydrogens is 325 g/mol. The molecule has 0 aliphatic carbocycles. The molecule has 0 spiro atoms. The number of aromatic nitrogens is 3. The molecule has 0 N–H and O–H groups in total. The van der Waals surface area contributed by atoms with Gasteiger partial charge in [-0.25, -0.2) is 9.37 Å². The Bertz CT molecular complexity index is 914. The standard InChI is InChI=1S/C15H14FN3O.C3H6O2/c1-3-18-10(2)8-14(20)19-9-13(17-15(18)19)11-4-6-12(16)7-5-11;1-2-5-3-4/h4-9H,3H2,1-2H3;3H,2H2,1H3. The van der Waals surface area contributed by atoms with Gasteiger partial charge in [0.05, 0.1) is 12.3 Å². The lowest BCUT2D eigenvalue weighted by Crippen LogP contribution is -2.18. The normalized spacial score (nSPS) is 10.2. The highest BCUT2D eigenvalue weighted by molar-refractivity contribution is 5.61. The van der Waals surface area contributed by atoms with E-state index in [4.69, 9.17) is 0 Å². The fourth-order valence-corrected chi connectivity index (χ4v) is 2.43. The van der Waals surface area contributed by atoms with Crippen LogP contribution in [0.1, 0.15) is 19.5 Å². The molecule has 0 aliphatic heterocycles. The van der Waals surface area contributed by atoms with Crippen molar-refractivity contribution in [1.82, 2.24) is 14.0 Å². The molecule has 1 aromatic carbocycles. The summed E-state index contributed by atoms with van der Waals surface area (Å²) in [5.41, 5.74) is 2.22. The summed E-state index contributed by atoms with van der Waals surface area (Å²) in [4.78, 5) is 25.7. The average molecular weight is 345 g/mol. The smallest absolute Gasteiger partial charge is 0.293 e. The van der Waals surface area contributed by atoms with Gasteiger partial charge >= 0.3 is 0 Å². The lowest BCUT2D eigenvalue weighted by Gasteiger charge is -2.08. The molecule has 0 unspecified atom stereocenters. The van der Waals surface area contributed by atoms with Gasteiger partial charge in [0.25, 0.3) is 12.0 Å². The first kappa shape index (κ1) is 18.4. The Morgan fingerprint density at radius 3 is 2.44 bits per heavy atom. The second kappa shape index (κ2) is 8.23. The number of hydrogen-bond acceptors (Lipinski definition) is 4. The van der Waals surface area contributed by atoms with Crippen LogP contribution >= 0.6 is 0 Å². The monoisotopic (exact) mass is 345 g/mol. The van der Waals surface area contributed by atoms with Crippen LogP contribution in [-0.4, -0.2) is 27.0 Å². The van der Waals surface area contributed by atoms with Crippen LogP contribution < -0.4 is 5.56 Å². The number of halogens is 1. The predicted octanol–water partition coefficient (Wildman–Crippen LogP) is 2.81. The van der Waals surface area contributed by atoms with Crippen LogP contribution in [0.5, 0.6) is 0 Å². The van der Waals surface area contributed by atoms with Crippen LogP contribution in [0.3, 0.4) is 0 Å². The molecule has 0 atom stereocenters. The molecule has 0 amide bonds. The summed E-state index contributed by atoms with van der Waals surface area (Å²) >= 11 is 0. The number of carbonyl (C=O) groups is 1. The number of rotatable bonds is 4. The summed E-state index contributed by atoms with van der Waals surface area (Å²) in [7, 11) is 0. The number of benzene rings is 1. The lowest BCUT2D eigenvalue weighted by atomic mass is 10.2. The summed E-state index contributed by atoms with van der Waals surface area (Å²) in [6, 6.07) is 7.68. The molecule has 0 saturated carbocycles. The molecule has 0 saturated heterocycles. The molecule has 6 nitrogen and oxygen atoms in total. The zero-order chi connectivity index (χ0) is 18.4. The van der Waals surface area contributed by atoms with E-state index in [2.05, 4.69) is 9.72 Å². The minimum absolute atomic E-state index is 0.108. The molecule has 0 aliphatic rings. The summed E-state index contributed by atoms with van der Waals surface area (Å²) in [5.74, 6) is 0.318. The molecule has 3 aromatic rings. The van der Waals surface area contributed by atoms with Crippen molar-refractivity contribution < 1.29 is 13.9 Å². The Morgan fingerprint density at radius 2 is 1.92 bits per heavy atom.